The van der Waals surface area contributed by atoms with Crippen molar-refractivity contribution >= 4 is 11.9 Å². The van der Waals surface area contributed by atoms with Crippen LogP contribution >= 0.6 is 0 Å². The summed E-state index contributed by atoms with van der Waals surface area (Å²) in [5, 5.41) is 2.98. The van der Waals surface area contributed by atoms with Crippen LogP contribution in [0.4, 0.5) is 0 Å². The van der Waals surface area contributed by atoms with Crippen molar-refractivity contribution in [2.45, 2.75) is 77.4 Å². The maximum absolute atomic E-state index is 13.9. The Morgan fingerprint density at radius 1 is 1.06 bits per heavy atom. The Kier molecular flexibility index (Phi) is 8.58. The molecule has 2 aromatic rings. The number of ether oxygens (including phenoxy) is 1. The van der Waals surface area contributed by atoms with Crippen LogP contribution in [0.25, 0.3) is 0 Å². The van der Waals surface area contributed by atoms with Crippen LogP contribution in [0.3, 0.4) is 0 Å². The molecule has 1 fully saturated rings. The molecule has 0 saturated heterocycles. The van der Waals surface area contributed by atoms with Crippen LogP contribution in [-0.2, 0) is 14.9 Å². The number of benzene rings is 2. The average Bonchev–Trinajstić information content (AvgIpc) is 2.84. The molecule has 0 heterocycles. The van der Waals surface area contributed by atoms with Gasteiger partial charge in [0, 0.05) is 11.5 Å². The van der Waals surface area contributed by atoms with Crippen molar-refractivity contribution in [3.8, 4) is 0 Å². The first-order valence-electron chi connectivity index (χ1n) is 12.9. The molecule has 1 aliphatic carbocycles. The lowest BCUT2D eigenvalue weighted by Gasteiger charge is -2.45. The van der Waals surface area contributed by atoms with Gasteiger partial charge in [-0.3, -0.25) is 4.79 Å². The van der Waals surface area contributed by atoms with E-state index in [1.807, 2.05) is 38.1 Å². The molecular formula is C31H41NO3. The van der Waals surface area contributed by atoms with Crippen molar-refractivity contribution in [2.75, 3.05) is 0 Å². The summed E-state index contributed by atoms with van der Waals surface area (Å²) in [5.41, 5.74) is 0.303. The normalized spacial score (nSPS) is 22.2. The van der Waals surface area contributed by atoms with Gasteiger partial charge in [-0.15, -0.1) is 6.58 Å². The van der Waals surface area contributed by atoms with E-state index in [9.17, 15) is 9.59 Å². The zero-order valence-corrected chi connectivity index (χ0v) is 21.9. The Morgan fingerprint density at radius 3 is 2.23 bits per heavy atom. The first-order chi connectivity index (χ1) is 16.6. The predicted octanol–water partition coefficient (Wildman–Crippen LogP) is 6.71. The van der Waals surface area contributed by atoms with Crippen LogP contribution in [0.5, 0.6) is 0 Å². The molecule has 1 N–H and O–H groups in total. The molecular weight excluding hydrogens is 434 g/mol. The van der Waals surface area contributed by atoms with Gasteiger partial charge in [0.15, 0.2) is 5.54 Å². The van der Waals surface area contributed by atoms with Crippen molar-refractivity contribution < 1.29 is 14.3 Å². The minimum Gasteiger partial charge on any atom is -0.460 e. The Balaban J connectivity index is 1.89. The highest BCUT2D eigenvalue weighted by molar-refractivity contribution is 5.99. The molecule has 0 aliphatic heterocycles. The predicted molar refractivity (Wildman–Crippen MR) is 142 cm³/mol. The van der Waals surface area contributed by atoms with Crippen molar-refractivity contribution in [3.05, 3.63) is 84.4 Å². The molecule has 1 amide bonds. The second-order valence-electron chi connectivity index (χ2n) is 11.1. The summed E-state index contributed by atoms with van der Waals surface area (Å²) >= 11 is 0. The van der Waals surface area contributed by atoms with E-state index >= 15 is 0 Å². The van der Waals surface area contributed by atoms with Gasteiger partial charge in [-0.1, -0.05) is 95.6 Å². The topological polar surface area (TPSA) is 55.4 Å². The maximum Gasteiger partial charge on any atom is 0.336 e. The third kappa shape index (κ3) is 6.22. The van der Waals surface area contributed by atoms with Gasteiger partial charge in [-0.05, 0) is 54.2 Å². The van der Waals surface area contributed by atoms with Crippen molar-refractivity contribution in [3.63, 3.8) is 0 Å². The van der Waals surface area contributed by atoms with Crippen LogP contribution in [0.1, 0.15) is 76.2 Å². The van der Waals surface area contributed by atoms with Gasteiger partial charge >= 0.3 is 5.97 Å². The molecule has 1 saturated carbocycles. The van der Waals surface area contributed by atoms with E-state index in [1.54, 1.807) is 18.2 Å². The van der Waals surface area contributed by atoms with Gasteiger partial charge in [0.05, 0.1) is 0 Å². The average molecular weight is 476 g/mol. The van der Waals surface area contributed by atoms with E-state index in [0.717, 1.165) is 19.3 Å². The second kappa shape index (κ2) is 11.2. The van der Waals surface area contributed by atoms with E-state index in [1.165, 1.54) is 5.56 Å². The van der Waals surface area contributed by atoms with E-state index in [-0.39, 0.29) is 29.3 Å². The molecule has 1 aliphatic rings. The second-order valence-corrected chi connectivity index (χ2v) is 11.1. The lowest BCUT2D eigenvalue weighted by atomic mass is 9.64. The first-order valence-corrected chi connectivity index (χ1v) is 12.9. The smallest absolute Gasteiger partial charge is 0.336 e. The zero-order chi connectivity index (χ0) is 25.6. The van der Waals surface area contributed by atoms with Gasteiger partial charge in [-0.2, -0.15) is 0 Å². The maximum atomic E-state index is 13.9. The number of amides is 1. The molecule has 4 heteroatoms. The highest BCUT2D eigenvalue weighted by Crippen LogP contribution is 2.44. The van der Waals surface area contributed by atoms with Crippen molar-refractivity contribution in [1.82, 2.24) is 5.32 Å². The Hall–Kier alpha value is -2.88. The number of carbonyl (C=O) groups excluding carboxylic acids is 2. The van der Waals surface area contributed by atoms with Gasteiger partial charge in [0.1, 0.15) is 6.10 Å². The van der Waals surface area contributed by atoms with Gasteiger partial charge in [0.25, 0.3) is 5.91 Å². The summed E-state index contributed by atoms with van der Waals surface area (Å²) in [4.78, 5) is 27.0. The number of nitrogens with one attached hydrogen (secondary N) is 1. The number of carbonyl (C=O) groups is 2. The van der Waals surface area contributed by atoms with Crippen molar-refractivity contribution in [1.29, 1.82) is 0 Å². The fourth-order valence-corrected chi connectivity index (χ4v) is 5.52. The minimum atomic E-state index is -1.29. The van der Waals surface area contributed by atoms with Gasteiger partial charge in [0.2, 0.25) is 0 Å². The number of esters is 1. The SMILES string of the molecule is C=C[C@@](CC(C)C)(NC(=O)c1ccccc1)C(=O)O[C@@H]1C[C@H](C)CC[C@H]1C(C)(C)c1ccccc1. The third-order valence-corrected chi connectivity index (χ3v) is 7.57. The Morgan fingerprint density at radius 2 is 1.66 bits per heavy atom. The van der Waals surface area contributed by atoms with Crippen LogP contribution in [0.2, 0.25) is 0 Å². The monoisotopic (exact) mass is 475 g/mol. The number of hydrogen-bond acceptors (Lipinski definition) is 3. The molecule has 35 heavy (non-hydrogen) atoms. The van der Waals surface area contributed by atoms with E-state index in [2.05, 4.69) is 56.9 Å². The summed E-state index contributed by atoms with van der Waals surface area (Å²) in [6.45, 7) is 14.7. The van der Waals surface area contributed by atoms with Crippen LogP contribution < -0.4 is 5.32 Å². The molecule has 188 valence electrons. The Labute approximate surface area is 211 Å². The van der Waals surface area contributed by atoms with Crippen LogP contribution in [0.15, 0.2) is 73.3 Å². The molecule has 0 radical (unpaired) electrons. The number of rotatable bonds is 9. The fourth-order valence-electron chi connectivity index (χ4n) is 5.52. The molecule has 0 bridgehead atoms. The lowest BCUT2D eigenvalue weighted by molar-refractivity contribution is -0.163. The molecule has 4 atom stereocenters. The van der Waals surface area contributed by atoms with Crippen molar-refractivity contribution in [2.24, 2.45) is 17.8 Å². The van der Waals surface area contributed by atoms with Crippen LogP contribution in [-0.4, -0.2) is 23.5 Å². The van der Waals surface area contributed by atoms with E-state index in [0.29, 0.717) is 17.9 Å². The molecule has 0 aromatic heterocycles. The molecule has 0 spiro atoms. The zero-order valence-electron chi connectivity index (χ0n) is 21.9. The summed E-state index contributed by atoms with van der Waals surface area (Å²) in [7, 11) is 0. The highest BCUT2D eigenvalue weighted by Gasteiger charge is 2.46. The first kappa shape index (κ1) is 26.7. The van der Waals surface area contributed by atoms with Gasteiger partial charge < -0.3 is 10.1 Å². The standard InChI is InChI=1S/C31H41NO3/c1-7-31(21-22(2)3,32-28(33)24-14-10-8-11-15-24)29(34)35-27-20-23(4)18-19-26(27)30(5,6)25-16-12-9-13-17-25/h7-17,22-23,26-27H,1,18-21H2,2-6H3,(H,32,33)/t23-,26-,27-,31+/m1/s1. The Bertz CT molecular complexity index is 998. The molecule has 3 rings (SSSR count). The summed E-state index contributed by atoms with van der Waals surface area (Å²) < 4.78 is 6.35. The summed E-state index contributed by atoms with van der Waals surface area (Å²) in [5.74, 6) is 0.0763. The molecule has 2 aromatic carbocycles. The quantitative estimate of drug-likeness (QED) is 0.324. The molecule has 4 nitrogen and oxygen atoms in total. The fraction of sp³-hybridized carbons (Fsp3) is 0.484. The summed E-state index contributed by atoms with van der Waals surface area (Å²) in [6.07, 6.45) is 4.65. The highest BCUT2D eigenvalue weighted by atomic mass is 16.5. The third-order valence-electron chi connectivity index (χ3n) is 7.57. The number of hydrogen-bond donors (Lipinski definition) is 1. The van der Waals surface area contributed by atoms with Crippen LogP contribution in [0, 0.1) is 17.8 Å². The van der Waals surface area contributed by atoms with Gasteiger partial charge in [-0.25, -0.2) is 4.79 Å². The minimum absolute atomic E-state index is 0.151. The van der Waals surface area contributed by atoms with E-state index in [4.69, 9.17) is 4.74 Å². The summed E-state index contributed by atoms with van der Waals surface area (Å²) in [6, 6.07) is 19.4. The lowest BCUT2D eigenvalue weighted by Crippen LogP contribution is -2.56. The molecule has 0 unspecified atom stereocenters. The largest absolute Gasteiger partial charge is 0.460 e. The van der Waals surface area contributed by atoms with E-state index < -0.39 is 11.5 Å².